The Balaban J connectivity index is 3.77. The van der Waals surface area contributed by atoms with Crippen LogP contribution in [0.5, 0.6) is 0 Å². The molecule has 1 amide bonds. The van der Waals surface area contributed by atoms with Gasteiger partial charge in [-0.25, -0.2) is 4.79 Å². The number of carbonyl (C=O) groups is 1. The maximum Gasteiger partial charge on any atom is 0.433 e. The van der Waals surface area contributed by atoms with Crippen LogP contribution in [-0.2, 0) is 4.74 Å². The Labute approximate surface area is 80.4 Å². The fourth-order valence-corrected chi connectivity index (χ4v) is 0.704. The number of hydrogen-bond donors (Lipinski definition) is 1. The molecular formula is C5H9ClN2O3S. The van der Waals surface area contributed by atoms with Gasteiger partial charge in [0.05, 0.1) is 11.8 Å². The van der Waals surface area contributed by atoms with Gasteiger partial charge < -0.3 is 4.74 Å². The summed E-state index contributed by atoms with van der Waals surface area (Å²) >= 11 is 9.10. The van der Waals surface area contributed by atoms with Crippen molar-refractivity contribution in [3.05, 3.63) is 4.91 Å². The monoisotopic (exact) mass is 212 g/mol. The summed E-state index contributed by atoms with van der Waals surface area (Å²) in [5, 5.41) is 3.05. The maximum atomic E-state index is 10.8. The number of ether oxygens (including phenoxy) is 1. The Hall–Kier alpha value is -0.490. The number of hydrogen-bond acceptors (Lipinski definition) is 5. The van der Waals surface area contributed by atoms with E-state index in [1.54, 1.807) is 0 Å². The first kappa shape index (κ1) is 11.5. The SMILES string of the molecule is O=NN(CCCl)C(=O)OCCS. The van der Waals surface area contributed by atoms with E-state index in [0.717, 1.165) is 0 Å². The van der Waals surface area contributed by atoms with Crippen LogP contribution in [0, 0.1) is 4.91 Å². The summed E-state index contributed by atoms with van der Waals surface area (Å²) in [7, 11) is 0. The molecule has 0 atom stereocenters. The lowest BCUT2D eigenvalue weighted by Gasteiger charge is -2.10. The molecule has 0 aromatic heterocycles. The fourth-order valence-electron chi connectivity index (χ4n) is 0.453. The van der Waals surface area contributed by atoms with Gasteiger partial charge in [-0.15, -0.1) is 16.5 Å². The van der Waals surface area contributed by atoms with Gasteiger partial charge in [0, 0.05) is 11.6 Å². The van der Waals surface area contributed by atoms with E-state index in [9.17, 15) is 9.70 Å². The largest absolute Gasteiger partial charge is 0.447 e. The highest BCUT2D eigenvalue weighted by Crippen LogP contribution is 1.95. The van der Waals surface area contributed by atoms with Crippen molar-refractivity contribution in [3.8, 4) is 0 Å². The smallest absolute Gasteiger partial charge is 0.433 e. The molecule has 70 valence electrons. The lowest BCUT2D eigenvalue weighted by molar-refractivity contribution is 0.111. The summed E-state index contributed by atoms with van der Waals surface area (Å²) in [5.74, 6) is 0.543. The lowest BCUT2D eigenvalue weighted by Crippen LogP contribution is -2.28. The topological polar surface area (TPSA) is 59.0 Å². The molecule has 0 saturated heterocycles. The van der Waals surface area contributed by atoms with Crippen LogP contribution in [0.25, 0.3) is 0 Å². The van der Waals surface area contributed by atoms with E-state index in [-0.39, 0.29) is 19.0 Å². The maximum absolute atomic E-state index is 10.8. The van der Waals surface area contributed by atoms with Gasteiger partial charge in [0.15, 0.2) is 0 Å². The summed E-state index contributed by atoms with van der Waals surface area (Å²) in [6.45, 7) is 0.201. The zero-order chi connectivity index (χ0) is 9.40. The van der Waals surface area contributed by atoms with Crippen molar-refractivity contribution in [2.75, 3.05) is 24.8 Å². The second-order valence-electron chi connectivity index (χ2n) is 1.73. The third-order valence-corrected chi connectivity index (χ3v) is 1.27. The highest BCUT2D eigenvalue weighted by atomic mass is 35.5. The molecule has 0 radical (unpaired) electrons. The molecule has 0 aromatic rings. The molecule has 7 heteroatoms. The van der Waals surface area contributed by atoms with Gasteiger partial charge in [-0.3, -0.25) is 0 Å². The molecule has 0 fully saturated rings. The van der Waals surface area contributed by atoms with Crippen LogP contribution in [0.1, 0.15) is 0 Å². The zero-order valence-corrected chi connectivity index (χ0v) is 7.92. The summed E-state index contributed by atoms with van der Waals surface area (Å²) in [5.41, 5.74) is 0. The first-order chi connectivity index (χ1) is 5.76. The number of nitroso groups, excluding NO2 is 1. The molecule has 0 heterocycles. The minimum atomic E-state index is -0.792. The number of nitrogens with zero attached hydrogens (tertiary/aromatic N) is 2. The molecule has 0 aromatic carbocycles. The molecule has 0 aliphatic heterocycles. The Morgan fingerprint density at radius 2 is 2.33 bits per heavy atom. The van der Waals surface area contributed by atoms with Gasteiger partial charge in [0.1, 0.15) is 6.61 Å². The van der Waals surface area contributed by atoms with Gasteiger partial charge in [-0.2, -0.15) is 17.6 Å². The Bertz CT molecular complexity index is 158. The number of thiol groups is 1. The van der Waals surface area contributed by atoms with Crippen molar-refractivity contribution in [3.63, 3.8) is 0 Å². The quantitative estimate of drug-likeness (QED) is 0.323. The zero-order valence-electron chi connectivity index (χ0n) is 6.27. The van der Waals surface area contributed by atoms with Crippen molar-refractivity contribution in [1.29, 1.82) is 0 Å². The molecule has 0 saturated carbocycles. The van der Waals surface area contributed by atoms with Gasteiger partial charge in [0.2, 0.25) is 0 Å². The molecule has 5 nitrogen and oxygen atoms in total. The number of carbonyl (C=O) groups excluding carboxylic acids is 1. The molecule has 0 aliphatic carbocycles. The third-order valence-electron chi connectivity index (χ3n) is 0.922. The standard InChI is InChI=1S/C5H9ClN2O3S/c6-1-2-8(7-10)5(9)11-3-4-12/h12H,1-4H2. The first-order valence-electron chi connectivity index (χ1n) is 3.20. The van der Waals surface area contributed by atoms with Gasteiger partial charge >= 0.3 is 6.09 Å². The minimum Gasteiger partial charge on any atom is -0.447 e. The number of alkyl halides is 1. The Morgan fingerprint density at radius 3 is 2.75 bits per heavy atom. The van der Waals surface area contributed by atoms with Crippen LogP contribution in [0.3, 0.4) is 0 Å². The average molecular weight is 213 g/mol. The molecule has 0 bridgehead atoms. The Kier molecular flexibility index (Phi) is 6.88. The second kappa shape index (κ2) is 7.17. The lowest BCUT2D eigenvalue weighted by atomic mass is 10.7. The fraction of sp³-hybridized carbons (Fsp3) is 0.800. The summed E-state index contributed by atoms with van der Waals surface area (Å²) in [6, 6.07) is 0. The van der Waals surface area contributed by atoms with Crippen LogP contribution >= 0.6 is 24.2 Å². The Morgan fingerprint density at radius 1 is 1.67 bits per heavy atom. The summed E-state index contributed by atoms with van der Waals surface area (Å²) < 4.78 is 4.55. The van der Waals surface area contributed by atoms with Gasteiger partial charge in [-0.1, -0.05) is 0 Å². The van der Waals surface area contributed by atoms with E-state index in [0.29, 0.717) is 10.8 Å². The van der Waals surface area contributed by atoms with Crippen LogP contribution in [0.4, 0.5) is 4.79 Å². The van der Waals surface area contributed by atoms with Crippen molar-refractivity contribution in [2.45, 2.75) is 0 Å². The van der Waals surface area contributed by atoms with Crippen LogP contribution in [0.15, 0.2) is 5.29 Å². The number of amides is 1. The summed E-state index contributed by atoms with van der Waals surface area (Å²) in [6.07, 6.45) is -0.792. The first-order valence-corrected chi connectivity index (χ1v) is 4.37. The van der Waals surface area contributed by atoms with Crippen molar-refractivity contribution in [2.24, 2.45) is 5.29 Å². The van der Waals surface area contributed by atoms with E-state index in [1.165, 1.54) is 0 Å². The molecule has 0 unspecified atom stereocenters. The minimum absolute atomic E-state index is 0.0520. The van der Waals surface area contributed by atoms with E-state index < -0.39 is 6.09 Å². The molecular weight excluding hydrogens is 204 g/mol. The molecule has 0 rings (SSSR count). The second-order valence-corrected chi connectivity index (χ2v) is 2.56. The third kappa shape index (κ3) is 4.40. The summed E-state index contributed by atoms with van der Waals surface area (Å²) in [4.78, 5) is 20.8. The van der Waals surface area contributed by atoms with Crippen molar-refractivity contribution >= 4 is 30.3 Å². The highest BCUT2D eigenvalue weighted by molar-refractivity contribution is 7.80. The van der Waals surface area contributed by atoms with E-state index in [4.69, 9.17) is 11.6 Å². The van der Waals surface area contributed by atoms with Gasteiger partial charge in [-0.05, 0) is 0 Å². The van der Waals surface area contributed by atoms with E-state index >= 15 is 0 Å². The van der Waals surface area contributed by atoms with Gasteiger partial charge in [0.25, 0.3) is 0 Å². The van der Waals surface area contributed by atoms with Crippen LogP contribution < -0.4 is 0 Å². The molecule has 12 heavy (non-hydrogen) atoms. The van der Waals surface area contributed by atoms with Crippen molar-refractivity contribution < 1.29 is 9.53 Å². The number of rotatable bonds is 5. The molecule has 0 spiro atoms. The highest BCUT2D eigenvalue weighted by Gasteiger charge is 2.13. The van der Waals surface area contributed by atoms with Crippen LogP contribution in [-0.4, -0.2) is 35.9 Å². The van der Waals surface area contributed by atoms with Crippen LogP contribution in [0.2, 0.25) is 0 Å². The number of halogens is 1. The van der Waals surface area contributed by atoms with E-state index in [2.05, 4.69) is 22.7 Å². The predicted molar refractivity (Wildman–Crippen MR) is 48.4 cm³/mol. The molecule has 0 N–H and O–H groups in total. The van der Waals surface area contributed by atoms with E-state index in [1.807, 2.05) is 0 Å². The molecule has 0 aliphatic rings. The normalized spacial score (nSPS) is 9.17. The average Bonchev–Trinajstić information content (AvgIpc) is 2.10. The van der Waals surface area contributed by atoms with Crippen molar-refractivity contribution in [1.82, 2.24) is 5.01 Å². The predicted octanol–water partition coefficient (Wildman–Crippen LogP) is 1.27.